The molecule has 2 aromatic heterocycles. The Labute approximate surface area is 244 Å². The number of anilines is 1. The maximum Gasteiger partial charge on any atom is 0.306 e. The lowest BCUT2D eigenvalue weighted by atomic mass is 9.74. The summed E-state index contributed by atoms with van der Waals surface area (Å²) in [5.41, 5.74) is 0.432. The molecule has 0 aliphatic rings. The number of thioether (sulfide) groups is 1. The van der Waals surface area contributed by atoms with Crippen molar-refractivity contribution < 1.29 is 23.5 Å². The zero-order valence-electron chi connectivity index (χ0n) is 24.6. The van der Waals surface area contributed by atoms with E-state index in [1.807, 2.05) is 24.3 Å². The highest BCUT2D eigenvalue weighted by Gasteiger charge is 2.31. The number of nitrogens with one attached hydrogen (secondary N) is 1. The second kappa shape index (κ2) is 13.2. The van der Waals surface area contributed by atoms with E-state index >= 15 is 0 Å². The highest BCUT2D eigenvalue weighted by atomic mass is 32.2. The lowest BCUT2D eigenvalue weighted by Crippen LogP contribution is -2.30. The Morgan fingerprint density at radius 2 is 1.73 bits per heavy atom. The summed E-state index contributed by atoms with van der Waals surface area (Å²) in [6.07, 6.45) is 3.14. The first-order valence-electron chi connectivity index (χ1n) is 13.1. The molecule has 1 amide bonds. The Morgan fingerprint density at radius 3 is 2.35 bits per heavy atom. The first-order chi connectivity index (χ1) is 18.6. The van der Waals surface area contributed by atoms with E-state index in [2.05, 4.69) is 69.0 Å². The van der Waals surface area contributed by atoms with E-state index in [1.54, 1.807) is 6.20 Å². The maximum absolute atomic E-state index is 12.6. The minimum atomic E-state index is -0.205. The molecule has 0 saturated carbocycles. The van der Waals surface area contributed by atoms with Gasteiger partial charge in [-0.1, -0.05) is 83.7 Å². The number of hydrogen-bond donors (Lipinski definition) is 1. The zero-order valence-corrected chi connectivity index (χ0v) is 26.3. The van der Waals surface area contributed by atoms with Crippen LogP contribution in [0, 0.1) is 10.8 Å². The first-order valence-corrected chi connectivity index (χ1v) is 14.9. The minimum absolute atomic E-state index is 0.0918. The van der Waals surface area contributed by atoms with Gasteiger partial charge in [0, 0.05) is 5.41 Å². The summed E-state index contributed by atoms with van der Waals surface area (Å²) in [6, 6.07) is 7.50. The standard InChI is InChI=1S/C29H40N4O5S2/c1-27(2,3)21-15-30-23(38-21)16-39-26-33-32-25(40-26)31-22(34)13-19-9-11-20(12-10-19)37-18-29(6,7)17-28(4,5)14-24(35)36-8/h9-12,15H,13-14,16-18H2,1-8H3,(H,31,32,34). The number of hydrogen-bond acceptors (Lipinski definition) is 10. The van der Waals surface area contributed by atoms with E-state index in [4.69, 9.17) is 13.9 Å². The number of nitrogens with zero attached hydrogens (tertiary/aromatic N) is 3. The van der Waals surface area contributed by atoms with E-state index in [0.29, 0.717) is 29.8 Å². The number of methoxy groups -OCH3 is 1. The molecule has 0 radical (unpaired) electrons. The van der Waals surface area contributed by atoms with Gasteiger partial charge in [-0.05, 0) is 34.9 Å². The fraction of sp³-hybridized carbons (Fsp3) is 0.552. The molecule has 0 spiro atoms. The molecule has 3 rings (SSSR count). The molecule has 40 heavy (non-hydrogen) atoms. The summed E-state index contributed by atoms with van der Waals surface area (Å²) in [6.45, 7) is 15.1. The fourth-order valence-corrected chi connectivity index (χ4v) is 5.99. The third-order valence-corrected chi connectivity index (χ3v) is 7.95. The summed E-state index contributed by atoms with van der Waals surface area (Å²) in [5, 5.41) is 11.5. The van der Waals surface area contributed by atoms with Crippen molar-refractivity contribution in [3.63, 3.8) is 0 Å². The molecule has 218 valence electrons. The lowest BCUT2D eigenvalue weighted by molar-refractivity contribution is -0.143. The first kappa shape index (κ1) is 31.6. The van der Waals surface area contributed by atoms with Gasteiger partial charge in [-0.15, -0.1) is 10.2 Å². The van der Waals surface area contributed by atoms with Gasteiger partial charge in [0.25, 0.3) is 0 Å². The van der Waals surface area contributed by atoms with Crippen molar-refractivity contribution in [2.45, 2.75) is 83.2 Å². The van der Waals surface area contributed by atoms with Crippen molar-refractivity contribution in [1.82, 2.24) is 15.2 Å². The lowest BCUT2D eigenvalue weighted by Gasteiger charge is -2.34. The van der Waals surface area contributed by atoms with E-state index < -0.39 is 0 Å². The molecule has 0 aliphatic heterocycles. The third-order valence-electron chi connectivity index (χ3n) is 5.99. The van der Waals surface area contributed by atoms with Crippen LogP contribution in [0.25, 0.3) is 0 Å². The van der Waals surface area contributed by atoms with Gasteiger partial charge in [-0.3, -0.25) is 9.59 Å². The number of oxazole rings is 1. The zero-order chi connectivity index (χ0) is 29.6. The summed E-state index contributed by atoms with van der Waals surface area (Å²) in [4.78, 5) is 28.6. The van der Waals surface area contributed by atoms with Gasteiger partial charge in [0.2, 0.25) is 16.9 Å². The van der Waals surface area contributed by atoms with Crippen LogP contribution in [0.4, 0.5) is 5.13 Å². The molecule has 11 heteroatoms. The number of rotatable bonds is 13. The molecule has 0 saturated heterocycles. The Morgan fingerprint density at radius 1 is 1.02 bits per heavy atom. The van der Waals surface area contributed by atoms with Crippen molar-refractivity contribution >= 4 is 40.1 Å². The SMILES string of the molecule is COC(=O)CC(C)(C)CC(C)(C)COc1ccc(CC(=O)Nc2nnc(SCc3ncc(C(C)(C)C)o3)s2)cc1. The van der Waals surface area contributed by atoms with Crippen LogP contribution in [0.2, 0.25) is 0 Å². The highest BCUT2D eigenvalue weighted by Crippen LogP contribution is 2.37. The molecule has 0 unspecified atom stereocenters. The van der Waals surface area contributed by atoms with Crippen LogP contribution in [-0.4, -0.2) is 40.8 Å². The number of amides is 1. The molecule has 0 fully saturated rings. The van der Waals surface area contributed by atoms with Gasteiger partial charge >= 0.3 is 5.97 Å². The number of esters is 1. The predicted octanol–water partition coefficient (Wildman–Crippen LogP) is 6.68. The number of carbonyl (C=O) groups is 2. The van der Waals surface area contributed by atoms with Crippen molar-refractivity contribution in [2.75, 3.05) is 19.0 Å². The summed E-state index contributed by atoms with van der Waals surface area (Å²) < 4.78 is 17.4. The van der Waals surface area contributed by atoms with Crippen LogP contribution in [0.3, 0.4) is 0 Å². The molecule has 0 aliphatic carbocycles. The second-order valence-corrected chi connectivity index (χ2v) is 14.6. The van der Waals surface area contributed by atoms with Gasteiger partial charge in [-0.25, -0.2) is 4.98 Å². The van der Waals surface area contributed by atoms with Crippen LogP contribution in [0.15, 0.2) is 39.2 Å². The Bertz CT molecular complexity index is 1280. The van der Waals surface area contributed by atoms with Gasteiger partial charge in [0.05, 0.1) is 38.5 Å². The number of benzene rings is 1. The van der Waals surface area contributed by atoms with Crippen molar-refractivity contribution in [3.05, 3.63) is 47.7 Å². The van der Waals surface area contributed by atoms with E-state index in [9.17, 15) is 9.59 Å². The molecule has 0 atom stereocenters. The van der Waals surface area contributed by atoms with Crippen LogP contribution in [0.1, 0.15) is 78.5 Å². The van der Waals surface area contributed by atoms with Crippen molar-refractivity contribution in [1.29, 1.82) is 0 Å². The number of aromatic nitrogens is 3. The monoisotopic (exact) mass is 588 g/mol. The molecule has 1 N–H and O–H groups in total. The van der Waals surface area contributed by atoms with E-state index in [-0.39, 0.29) is 34.5 Å². The molecule has 0 bridgehead atoms. The van der Waals surface area contributed by atoms with Crippen LogP contribution in [0.5, 0.6) is 5.75 Å². The van der Waals surface area contributed by atoms with Crippen molar-refractivity contribution in [2.24, 2.45) is 10.8 Å². The summed E-state index contributed by atoms with van der Waals surface area (Å²) >= 11 is 2.78. The fourth-order valence-electron chi connectivity index (χ4n) is 4.37. The molecular weight excluding hydrogens is 548 g/mol. The normalized spacial score (nSPS) is 12.3. The molecule has 2 heterocycles. The Hall–Kier alpha value is -2.92. The van der Waals surface area contributed by atoms with Gasteiger partial charge in [0.15, 0.2) is 4.34 Å². The molecular formula is C29H40N4O5S2. The third kappa shape index (κ3) is 10.2. The van der Waals surface area contributed by atoms with E-state index in [1.165, 1.54) is 30.2 Å². The molecule has 1 aromatic carbocycles. The van der Waals surface area contributed by atoms with Gasteiger partial charge < -0.3 is 19.2 Å². The van der Waals surface area contributed by atoms with Gasteiger partial charge in [-0.2, -0.15) is 0 Å². The average molecular weight is 589 g/mol. The van der Waals surface area contributed by atoms with Crippen LogP contribution in [-0.2, 0) is 31.9 Å². The predicted molar refractivity (Wildman–Crippen MR) is 158 cm³/mol. The maximum atomic E-state index is 12.6. The Balaban J connectivity index is 1.44. The van der Waals surface area contributed by atoms with Crippen LogP contribution >= 0.6 is 23.1 Å². The summed E-state index contributed by atoms with van der Waals surface area (Å²) in [7, 11) is 1.41. The summed E-state index contributed by atoms with van der Waals surface area (Å²) in [5.74, 6) is 2.37. The largest absolute Gasteiger partial charge is 0.493 e. The minimum Gasteiger partial charge on any atom is -0.493 e. The average Bonchev–Trinajstić information content (AvgIpc) is 3.51. The quantitative estimate of drug-likeness (QED) is 0.133. The molecule has 9 nitrogen and oxygen atoms in total. The van der Waals surface area contributed by atoms with Gasteiger partial charge in [0.1, 0.15) is 11.5 Å². The second-order valence-electron chi connectivity index (χ2n) is 12.4. The number of carbonyl (C=O) groups excluding carboxylic acids is 2. The Kier molecular flexibility index (Phi) is 10.4. The van der Waals surface area contributed by atoms with Crippen LogP contribution < -0.4 is 10.1 Å². The number of ether oxygens (including phenoxy) is 2. The smallest absolute Gasteiger partial charge is 0.306 e. The highest BCUT2D eigenvalue weighted by molar-refractivity contribution is 8.00. The topological polar surface area (TPSA) is 116 Å². The van der Waals surface area contributed by atoms with Crippen molar-refractivity contribution in [3.8, 4) is 5.75 Å². The van der Waals surface area contributed by atoms with E-state index in [0.717, 1.165) is 27.8 Å². The molecule has 3 aromatic rings.